The van der Waals surface area contributed by atoms with Crippen molar-refractivity contribution in [1.82, 2.24) is 15.1 Å². The predicted octanol–water partition coefficient (Wildman–Crippen LogP) is 4.99. The Hall–Kier alpha value is -2.60. The van der Waals surface area contributed by atoms with Crippen molar-refractivity contribution < 1.29 is 9.21 Å². The van der Waals surface area contributed by atoms with Gasteiger partial charge in [0.2, 0.25) is 11.8 Å². The quantitative estimate of drug-likeness (QED) is 0.467. The van der Waals surface area contributed by atoms with E-state index in [1.54, 1.807) is 0 Å². The van der Waals surface area contributed by atoms with Crippen molar-refractivity contribution in [3.05, 3.63) is 77.7 Å². The fourth-order valence-corrected chi connectivity index (χ4v) is 4.77. The first-order valence-electron chi connectivity index (χ1n) is 11.0. The van der Waals surface area contributed by atoms with Crippen molar-refractivity contribution in [2.45, 2.75) is 43.7 Å². The van der Waals surface area contributed by atoms with E-state index in [2.05, 4.69) is 59.6 Å². The molecular formula is C25H29N3O2S. The molecule has 0 bridgehead atoms. The molecule has 0 spiro atoms. The molecule has 0 N–H and O–H groups in total. The number of thioether (sulfide) groups is 1. The number of carbonyl (C=O) groups is 1. The molecule has 1 aliphatic heterocycles. The molecule has 1 aromatic heterocycles. The Morgan fingerprint density at radius 1 is 1.06 bits per heavy atom. The van der Waals surface area contributed by atoms with E-state index in [9.17, 15) is 4.79 Å². The second-order valence-electron chi connectivity index (χ2n) is 8.28. The van der Waals surface area contributed by atoms with Crippen molar-refractivity contribution in [3.8, 4) is 0 Å². The second kappa shape index (κ2) is 10.6. The number of rotatable bonds is 8. The van der Waals surface area contributed by atoms with Crippen LogP contribution in [0, 0.1) is 5.92 Å². The lowest BCUT2D eigenvalue weighted by atomic mass is 9.90. The normalized spacial score (nSPS) is 15.7. The lowest BCUT2D eigenvalue weighted by Crippen LogP contribution is -2.39. The lowest BCUT2D eigenvalue weighted by Gasteiger charge is -2.32. The molecule has 0 aliphatic carbocycles. The highest BCUT2D eigenvalue weighted by Gasteiger charge is 2.23. The molecule has 1 unspecified atom stereocenters. The van der Waals surface area contributed by atoms with Crippen LogP contribution in [0.15, 0.2) is 70.3 Å². The zero-order valence-electron chi connectivity index (χ0n) is 17.9. The van der Waals surface area contributed by atoms with Crippen LogP contribution < -0.4 is 0 Å². The van der Waals surface area contributed by atoms with Gasteiger partial charge >= 0.3 is 0 Å². The Bertz CT molecular complexity index is 953. The Labute approximate surface area is 188 Å². The first-order chi connectivity index (χ1) is 15.2. The van der Waals surface area contributed by atoms with Crippen molar-refractivity contribution in [2.24, 2.45) is 5.92 Å². The molecule has 1 saturated heterocycles. The molecule has 1 atom stereocenters. The van der Waals surface area contributed by atoms with E-state index in [1.165, 1.54) is 22.9 Å². The molecule has 6 heteroatoms. The minimum absolute atomic E-state index is 0.153. The monoisotopic (exact) mass is 435 g/mol. The molecule has 31 heavy (non-hydrogen) atoms. The van der Waals surface area contributed by atoms with Crippen LogP contribution in [0.3, 0.4) is 0 Å². The molecule has 162 valence electrons. The Morgan fingerprint density at radius 2 is 1.74 bits per heavy atom. The summed E-state index contributed by atoms with van der Waals surface area (Å²) in [5.41, 5.74) is 2.64. The SMILES string of the molecule is CC(Cc1nnc(SCC(=O)N2CCC(Cc3ccccc3)CC2)o1)c1ccccc1. The highest BCUT2D eigenvalue weighted by atomic mass is 32.2. The standard InChI is InChI=1S/C25H29N3O2S/c1-19(22-10-6-3-7-11-22)16-23-26-27-25(30-23)31-18-24(29)28-14-12-21(13-15-28)17-20-8-4-2-5-9-20/h2-11,19,21H,12-18H2,1H3. The Morgan fingerprint density at radius 3 is 2.45 bits per heavy atom. The largest absolute Gasteiger partial charge is 0.416 e. The topological polar surface area (TPSA) is 59.2 Å². The van der Waals surface area contributed by atoms with Crippen molar-refractivity contribution in [1.29, 1.82) is 0 Å². The van der Waals surface area contributed by atoms with Gasteiger partial charge in [0.1, 0.15) is 0 Å². The summed E-state index contributed by atoms with van der Waals surface area (Å²) >= 11 is 1.34. The van der Waals surface area contributed by atoms with Crippen molar-refractivity contribution >= 4 is 17.7 Å². The van der Waals surface area contributed by atoms with Gasteiger partial charge in [0.25, 0.3) is 5.22 Å². The fraction of sp³-hybridized carbons (Fsp3) is 0.400. The predicted molar refractivity (Wildman–Crippen MR) is 123 cm³/mol. The van der Waals surface area contributed by atoms with Crippen molar-refractivity contribution in [2.75, 3.05) is 18.8 Å². The van der Waals surface area contributed by atoms with Crippen LogP contribution in [0.4, 0.5) is 0 Å². The van der Waals surface area contributed by atoms with Crippen LogP contribution in [0.25, 0.3) is 0 Å². The van der Waals surface area contributed by atoms with E-state index in [1.807, 2.05) is 23.1 Å². The van der Waals surface area contributed by atoms with Crippen LogP contribution in [-0.4, -0.2) is 39.8 Å². The third-order valence-corrected chi connectivity index (χ3v) is 6.75. The molecule has 1 aliphatic rings. The van der Waals surface area contributed by atoms with Crippen LogP contribution in [-0.2, 0) is 17.6 Å². The van der Waals surface area contributed by atoms with Gasteiger partial charge in [-0.3, -0.25) is 4.79 Å². The zero-order valence-corrected chi connectivity index (χ0v) is 18.8. The highest BCUT2D eigenvalue weighted by molar-refractivity contribution is 7.99. The summed E-state index contributed by atoms with van der Waals surface area (Å²) < 4.78 is 5.77. The smallest absolute Gasteiger partial charge is 0.277 e. The molecule has 1 fully saturated rings. The van der Waals surface area contributed by atoms with Crippen molar-refractivity contribution in [3.63, 3.8) is 0 Å². The highest BCUT2D eigenvalue weighted by Crippen LogP contribution is 2.25. The first kappa shape index (κ1) is 21.6. The van der Waals surface area contributed by atoms with E-state index in [4.69, 9.17) is 4.42 Å². The van der Waals surface area contributed by atoms with Gasteiger partial charge in [-0.2, -0.15) is 0 Å². The third kappa shape index (κ3) is 6.20. The molecule has 4 rings (SSSR count). The summed E-state index contributed by atoms with van der Waals surface area (Å²) in [6, 6.07) is 20.9. The van der Waals surface area contributed by atoms with Gasteiger partial charge < -0.3 is 9.32 Å². The maximum Gasteiger partial charge on any atom is 0.277 e. The van der Waals surface area contributed by atoms with Gasteiger partial charge in [0.05, 0.1) is 5.75 Å². The summed E-state index contributed by atoms with van der Waals surface area (Å²) in [4.78, 5) is 14.6. The maximum absolute atomic E-state index is 12.6. The lowest BCUT2D eigenvalue weighted by molar-refractivity contribution is -0.129. The number of hydrogen-bond acceptors (Lipinski definition) is 5. The van der Waals surface area contributed by atoms with Crippen LogP contribution >= 0.6 is 11.8 Å². The van der Waals surface area contributed by atoms with Gasteiger partial charge in [-0.15, -0.1) is 10.2 Å². The minimum Gasteiger partial charge on any atom is -0.416 e. The molecule has 0 saturated carbocycles. The van der Waals surface area contributed by atoms with Crippen LogP contribution in [0.1, 0.15) is 42.7 Å². The molecule has 2 heterocycles. The molecule has 5 nitrogen and oxygen atoms in total. The minimum atomic E-state index is 0.153. The van der Waals surface area contributed by atoms with Gasteiger partial charge in [-0.05, 0) is 42.2 Å². The fourth-order valence-electron chi connectivity index (χ4n) is 4.09. The average molecular weight is 436 g/mol. The maximum atomic E-state index is 12.6. The number of amides is 1. The molecule has 2 aromatic carbocycles. The molecular weight excluding hydrogens is 406 g/mol. The average Bonchev–Trinajstić information content (AvgIpc) is 3.26. The van der Waals surface area contributed by atoms with Crippen LogP contribution in [0.2, 0.25) is 0 Å². The number of nitrogens with zero attached hydrogens (tertiary/aromatic N) is 3. The number of hydrogen-bond donors (Lipinski definition) is 0. The number of likely N-dealkylation sites (tertiary alicyclic amines) is 1. The summed E-state index contributed by atoms with van der Waals surface area (Å²) in [6.45, 7) is 3.82. The van der Waals surface area contributed by atoms with E-state index in [0.717, 1.165) is 32.4 Å². The van der Waals surface area contributed by atoms with Gasteiger partial charge in [0, 0.05) is 19.5 Å². The second-order valence-corrected chi connectivity index (χ2v) is 9.21. The summed E-state index contributed by atoms with van der Waals surface area (Å²) in [5.74, 6) is 2.08. The summed E-state index contributed by atoms with van der Waals surface area (Å²) in [5, 5.41) is 8.75. The first-order valence-corrected chi connectivity index (χ1v) is 12.0. The van der Waals surface area contributed by atoms with Gasteiger partial charge in [-0.1, -0.05) is 79.3 Å². The number of carbonyl (C=O) groups excluding carboxylic acids is 1. The van der Waals surface area contributed by atoms with E-state index >= 15 is 0 Å². The van der Waals surface area contributed by atoms with Gasteiger partial charge in [-0.25, -0.2) is 0 Å². The number of aromatic nitrogens is 2. The van der Waals surface area contributed by atoms with Gasteiger partial charge in [0.15, 0.2) is 0 Å². The zero-order chi connectivity index (χ0) is 21.5. The third-order valence-electron chi connectivity index (χ3n) is 5.95. The van der Waals surface area contributed by atoms with E-state index < -0.39 is 0 Å². The Balaban J connectivity index is 1.20. The summed E-state index contributed by atoms with van der Waals surface area (Å²) in [6.07, 6.45) is 3.92. The molecule has 3 aromatic rings. The molecule has 0 radical (unpaired) electrons. The number of benzene rings is 2. The van der Waals surface area contributed by atoms with E-state index in [-0.39, 0.29) is 5.91 Å². The number of piperidine rings is 1. The van der Waals surface area contributed by atoms with Crippen LogP contribution in [0.5, 0.6) is 0 Å². The molecule has 1 amide bonds. The van der Waals surface area contributed by atoms with E-state index in [0.29, 0.717) is 35.1 Å². The Kier molecular flexibility index (Phi) is 7.41. The summed E-state index contributed by atoms with van der Waals surface area (Å²) in [7, 11) is 0.